The Hall–Kier alpha value is -3.83. The average Bonchev–Trinajstić information content (AvgIpc) is 3.21. The van der Waals surface area contributed by atoms with E-state index in [9.17, 15) is 15.3 Å². The minimum Gasteiger partial charge on any atom is -0.454 e. The van der Waals surface area contributed by atoms with Gasteiger partial charge in [0.25, 0.3) is 0 Å². The van der Waals surface area contributed by atoms with Gasteiger partial charge in [-0.3, -0.25) is 4.79 Å². The number of allylic oxidation sites excluding steroid dienone is 3. The molecular weight excluding hydrogens is 316 g/mol. The number of rotatable bonds is 1. The first-order chi connectivity index (χ1) is 12.2. The van der Waals surface area contributed by atoms with Gasteiger partial charge in [-0.1, -0.05) is 30.3 Å². The lowest BCUT2D eigenvalue weighted by Gasteiger charge is -2.03. The van der Waals surface area contributed by atoms with Crippen LogP contribution in [-0.2, 0) is 0 Å². The van der Waals surface area contributed by atoms with Crippen LogP contribution in [0.15, 0.2) is 53.6 Å². The molecule has 0 saturated heterocycles. The first kappa shape index (κ1) is 14.7. The summed E-state index contributed by atoms with van der Waals surface area (Å²) in [5, 5.41) is 18.6. The van der Waals surface area contributed by atoms with E-state index in [1.165, 1.54) is 0 Å². The van der Waals surface area contributed by atoms with Crippen molar-refractivity contribution in [2.45, 2.75) is 0 Å². The van der Waals surface area contributed by atoms with E-state index in [0.717, 1.165) is 5.56 Å². The lowest BCUT2D eigenvalue weighted by molar-refractivity contribution is 0.104. The molecule has 1 aliphatic carbocycles. The largest absolute Gasteiger partial charge is 0.454 e. The summed E-state index contributed by atoms with van der Waals surface area (Å²) in [6.07, 6.45) is 1.67. The molecule has 2 aliphatic rings. The van der Waals surface area contributed by atoms with Crippen molar-refractivity contribution >= 4 is 17.4 Å². The van der Waals surface area contributed by atoms with E-state index in [-0.39, 0.29) is 18.1 Å². The van der Waals surface area contributed by atoms with Crippen LogP contribution in [0.4, 0.5) is 0 Å². The minimum atomic E-state index is -0.203. The highest BCUT2D eigenvalue weighted by Crippen LogP contribution is 2.40. The van der Waals surface area contributed by atoms with Crippen molar-refractivity contribution in [2.75, 3.05) is 6.79 Å². The highest BCUT2D eigenvalue weighted by molar-refractivity contribution is 6.29. The normalized spacial score (nSPS) is 15.7. The molecule has 0 saturated carbocycles. The summed E-state index contributed by atoms with van der Waals surface area (Å²) in [4.78, 5) is 12.8. The summed E-state index contributed by atoms with van der Waals surface area (Å²) in [5.41, 5.74) is 2.46. The predicted octanol–water partition coefficient (Wildman–Crippen LogP) is 3.50. The maximum atomic E-state index is 12.8. The predicted molar refractivity (Wildman–Crippen MR) is 89.5 cm³/mol. The standard InChI is InChI=1S/C20H10N2O3/c21-9-13(10-22)19-14-3-1-2-4-15(14)20(23)16(19)7-12-5-6-17-18(8-12)25-11-24-17/h1-8H,11H2. The molecule has 0 atom stereocenters. The summed E-state index contributed by atoms with van der Waals surface area (Å²) >= 11 is 0. The Kier molecular flexibility index (Phi) is 3.34. The lowest BCUT2D eigenvalue weighted by atomic mass is 9.98. The van der Waals surface area contributed by atoms with Gasteiger partial charge in [-0.15, -0.1) is 0 Å². The summed E-state index contributed by atoms with van der Waals surface area (Å²) in [6, 6.07) is 16.1. The number of ketones is 1. The van der Waals surface area contributed by atoms with Crippen molar-refractivity contribution in [3.8, 4) is 23.6 Å². The zero-order chi connectivity index (χ0) is 17.4. The van der Waals surface area contributed by atoms with Crippen molar-refractivity contribution in [3.63, 3.8) is 0 Å². The summed E-state index contributed by atoms with van der Waals surface area (Å²) in [7, 11) is 0. The summed E-state index contributed by atoms with van der Waals surface area (Å²) < 4.78 is 10.6. The molecular formula is C20H10N2O3. The van der Waals surface area contributed by atoms with Crippen LogP contribution < -0.4 is 9.47 Å². The number of benzene rings is 2. The van der Waals surface area contributed by atoms with Crippen molar-refractivity contribution in [1.82, 2.24) is 0 Å². The number of fused-ring (bicyclic) bond motifs is 2. The third kappa shape index (κ3) is 2.27. The third-order valence-corrected chi connectivity index (χ3v) is 4.14. The molecule has 1 heterocycles. The van der Waals surface area contributed by atoms with Crippen LogP contribution in [0, 0.1) is 22.7 Å². The first-order valence-electron chi connectivity index (χ1n) is 7.53. The zero-order valence-electron chi connectivity index (χ0n) is 12.9. The van der Waals surface area contributed by atoms with Gasteiger partial charge < -0.3 is 9.47 Å². The van der Waals surface area contributed by atoms with Crippen molar-refractivity contribution in [3.05, 3.63) is 70.3 Å². The topological polar surface area (TPSA) is 83.1 Å². The maximum Gasteiger partial charge on any atom is 0.231 e. The molecule has 1 aliphatic heterocycles. The van der Waals surface area contributed by atoms with Gasteiger partial charge in [-0.25, -0.2) is 0 Å². The fourth-order valence-electron chi connectivity index (χ4n) is 3.02. The SMILES string of the molecule is N#CC(C#N)=C1C(=Cc2ccc3c(c2)OCO3)C(=O)c2ccccc21. The fraction of sp³-hybridized carbons (Fsp3) is 0.0500. The van der Waals surface area contributed by atoms with Crippen molar-refractivity contribution < 1.29 is 14.3 Å². The quantitative estimate of drug-likeness (QED) is 0.591. The Balaban J connectivity index is 1.92. The number of hydrogen-bond donors (Lipinski definition) is 0. The number of carbonyl (C=O) groups excluding carboxylic acids is 1. The molecule has 5 heteroatoms. The molecule has 0 fully saturated rings. The Labute approximate surface area is 143 Å². The van der Waals surface area contributed by atoms with Crippen LogP contribution in [0.1, 0.15) is 21.5 Å². The van der Waals surface area contributed by atoms with Gasteiger partial charge in [0.15, 0.2) is 17.3 Å². The van der Waals surface area contributed by atoms with E-state index in [1.807, 2.05) is 12.1 Å². The second-order valence-electron chi connectivity index (χ2n) is 5.52. The second kappa shape index (κ2) is 5.67. The second-order valence-corrected chi connectivity index (χ2v) is 5.52. The minimum absolute atomic E-state index is 0.0784. The van der Waals surface area contributed by atoms with Crippen LogP contribution in [0.25, 0.3) is 11.6 Å². The molecule has 0 unspecified atom stereocenters. The molecule has 2 aromatic carbocycles. The fourth-order valence-corrected chi connectivity index (χ4v) is 3.02. The monoisotopic (exact) mass is 326 g/mol. The Morgan fingerprint density at radius 2 is 1.72 bits per heavy atom. The molecule has 0 amide bonds. The van der Waals surface area contributed by atoms with Crippen LogP contribution >= 0.6 is 0 Å². The maximum absolute atomic E-state index is 12.8. The summed E-state index contributed by atoms with van der Waals surface area (Å²) in [5.74, 6) is 1.04. The van der Waals surface area contributed by atoms with Gasteiger partial charge in [0.2, 0.25) is 6.79 Å². The molecule has 4 rings (SSSR count). The Bertz CT molecular complexity index is 1050. The number of Topliss-reactive ketones (excluding diaryl/α,β-unsaturated/α-hetero) is 1. The highest BCUT2D eigenvalue weighted by Gasteiger charge is 2.32. The zero-order valence-corrected chi connectivity index (χ0v) is 12.9. The third-order valence-electron chi connectivity index (χ3n) is 4.14. The molecule has 0 N–H and O–H groups in total. The Morgan fingerprint density at radius 3 is 2.48 bits per heavy atom. The molecule has 2 aromatic rings. The van der Waals surface area contributed by atoms with Crippen LogP contribution in [-0.4, -0.2) is 12.6 Å². The van der Waals surface area contributed by atoms with Gasteiger partial charge in [-0.05, 0) is 29.3 Å². The molecule has 25 heavy (non-hydrogen) atoms. The Morgan fingerprint density at radius 1 is 1.00 bits per heavy atom. The smallest absolute Gasteiger partial charge is 0.231 e. The van der Waals surface area contributed by atoms with Gasteiger partial charge in [0.05, 0.1) is 0 Å². The average molecular weight is 326 g/mol. The van der Waals surface area contributed by atoms with E-state index < -0.39 is 0 Å². The van der Waals surface area contributed by atoms with E-state index in [1.54, 1.807) is 48.5 Å². The van der Waals surface area contributed by atoms with Crippen LogP contribution in [0.3, 0.4) is 0 Å². The molecule has 118 valence electrons. The van der Waals surface area contributed by atoms with Gasteiger partial charge >= 0.3 is 0 Å². The first-order valence-corrected chi connectivity index (χ1v) is 7.53. The number of ether oxygens (including phenoxy) is 2. The molecule has 5 nitrogen and oxygen atoms in total. The van der Waals surface area contributed by atoms with E-state index in [0.29, 0.717) is 33.8 Å². The van der Waals surface area contributed by atoms with E-state index in [4.69, 9.17) is 9.47 Å². The van der Waals surface area contributed by atoms with E-state index >= 15 is 0 Å². The van der Waals surface area contributed by atoms with Gasteiger partial charge in [-0.2, -0.15) is 10.5 Å². The highest BCUT2D eigenvalue weighted by atomic mass is 16.7. The number of carbonyl (C=O) groups is 1. The number of hydrogen-bond acceptors (Lipinski definition) is 5. The summed E-state index contributed by atoms with van der Waals surface area (Å²) in [6.45, 7) is 0.165. The number of nitrogens with zero attached hydrogens (tertiary/aromatic N) is 2. The number of nitriles is 2. The molecule has 0 bridgehead atoms. The van der Waals surface area contributed by atoms with Gasteiger partial charge in [0, 0.05) is 16.7 Å². The molecule has 0 spiro atoms. The molecule has 0 aromatic heterocycles. The molecule has 0 radical (unpaired) electrons. The van der Waals surface area contributed by atoms with Crippen molar-refractivity contribution in [2.24, 2.45) is 0 Å². The van der Waals surface area contributed by atoms with Crippen molar-refractivity contribution in [1.29, 1.82) is 10.5 Å². The van der Waals surface area contributed by atoms with Crippen LogP contribution in [0.5, 0.6) is 11.5 Å². The van der Waals surface area contributed by atoms with Gasteiger partial charge in [0.1, 0.15) is 17.7 Å². The van der Waals surface area contributed by atoms with E-state index in [2.05, 4.69) is 0 Å². The van der Waals surface area contributed by atoms with Crippen LogP contribution in [0.2, 0.25) is 0 Å². The lowest BCUT2D eigenvalue weighted by Crippen LogP contribution is -1.96.